The van der Waals surface area contributed by atoms with Crippen molar-refractivity contribution >= 4 is 15.9 Å². The number of carbonyl (C=O) groups excluding carboxylic acids is 1. The van der Waals surface area contributed by atoms with Crippen molar-refractivity contribution in [2.45, 2.75) is 12.5 Å². The molecule has 0 spiro atoms. The van der Waals surface area contributed by atoms with E-state index in [4.69, 9.17) is 4.74 Å². The zero-order valence-corrected chi connectivity index (χ0v) is 13.3. The molecule has 8 heteroatoms. The Bertz CT molecular complexity index is 629. The minimum atomic E-state index is -3.20. The molecule has 2 aliphatic rings. The predicted molar refractivity (Wildman–Crippen MR) is 80.9 cm³/mol. The maximum absolute atomic E-state index is 12.4. The van der Waals surface area contributed by atoms with Gasteiger partial charge >= 0.3 is 0 Å². The van der Waals surface area contributed by atoms with Gasteiger partial charge in [-0.2, -0.15) is 0 Å². The second-order valence-electron chi connectivity index (χ2n) is 6.04. The van der Waals surface area contributed by atoms with Crippen LogP contribution in [0.5, 0.6) is 0 Å². The highest BCUT2D eigenvalue weighted by Gasteiger charge is 2.42. The van der Waals surface area contributed by atoms with Crippen LogP contribution in [0.2, 0.25) is 0 Å². The fourth-order valence-electron chi connectivity index (χ4n) is 3.35. The first-order valence-corrected chi connectivity index (χ1v) is 9.32. The molecule has 22 heavy (non-hydrogen) atoms. The van der Waals surface area contributed by atoms with E-state index in [1.807, 2.05) is 11.0 Å². The van der Waals surface area contributed by atoms with E-state index in [0.29, 0.717) is 37.9 Å². The van der Waals surface area contributed by atoms with E-state index < -0.39 is 10.0 Å². The van der Waals surface area contributed by atoms with Gasteiger partial charge in [0.1, 0.15) is 5.69 Å². The molecule has 2 fully saturated rings. The standard InChI is InChI=1S/C14H21N3O4S/c1-22(19,20)16-7-13-11-4-6-17(8-10(11)9-21-13)14(18)12-3-2-5-15-12/h2-3,5,10-11,13,15-16H,4,6-9H2,1H3/t10-,11-,13-/m1/s1. The lowest BCUT2D eigenvalue weighted by Gasteiger charge is -2.35. The molecule has 2 aliphatic heterocycles. The molecule has 3 rings (SSSR count). The number of aromatic amines is 1. The molecule has 2 N–H and O–H groups in total. The van der Waals surface area contributed by atoms with Crippen LogP contribution in [-0.4, -0.2) is 62.8 Å². The van der Waals surface area contributed by atoms with E-state index in [0.717, 1.165) is 12.7 Å². The smallest absolute Gasteiger partial charge is 0.270 e. The number of H-pyrrole nitrogens is 1. The fourth-order valence-corrected chi connectivity index (χ4v) is 3.82. The fraction of sp³-hybridized carbons (Fsp3) is 0.643. The zero-order chi connectivity index (χ0) is 15.7. The van der Waals surface area contributed by atoms with Crippen molar-refractivity contribution in [3.05, 3.63) is 24.0 Å². The quantitative estimate of drug-likeness (QED) is 0.817. The predicted octanol–water partition coefficient (Wildman–Crippen LogP) is 0.0410. The number of hydrogen-bond donors (Lipinski definition) is 2. The highest BCUT2D eigenvalue weighted by Crippen LogP contribution is 2.34. The van der Waals surface area contributed by atoms with Crippen LogP contribution in [0.15, 0.2) is 18.3 Å². The van der Waals surface area contributed by atoms with Gasteiger partial charge in [0.2, 0.25) is 10.0 Å². The number of sulfonamides is 1. The summed E-state index contributed by atoms with van der Waals surface area (Å²) in [5.41, 5.74) is 0.604. The Hall–Kier alpha value is -1.38. The third-order valence-corrected chi connectivity index (χ3v) is 5.15. The summed E-state index contributed by atoms with van der Waals surface area (Å²) in [5.74, 6) is 0.599. The number of fused-ring (bicyclic) bond motifs is 1. The molecule has 1 aromatic rings. The highest BCUT2D eigenvalue weighted by atomic mass is 32.2. The molecule has 1 amide bonds. The van der Waals surface area contributed by atoms with Gasteiger partial charge in [-0.1, -0.05) is 0 Å². The summed E-state index contributed by atoms with van der Waals surface area (Å²) in [6, 6.07) is 3.59. The Labute approximate surface area is 130 Å². The van der Waals surface area contributed by atoms with Crippen molar-refractivity contribution in [2.75, 3.05) is 32.5 Å². The summed E-state index contributed by atoms with van der Waals surface area (Å²) in [4.78, 5) is 17.1. The molecule has 3 atom stereocenters. The van der Waals surface area contributed by atoms with Crippen molar-refractivity contribution in [3.8, 4) is 0 Å². The Morgan fingerprint density at radius 2 is 2.36 bits per heavy atom. The number of piperidine rings is 1. The third-order valence-electron chi connectivity index (χ3n) is 4.46. The van der Waals surface area contributed by atoms with Crippen molar-refractivity contribution in [1.29, 1.82) is 0 Å². The topological polar surface area (TPSA) is 91.5 Å². The van der Waals surface area contributed by atoms with E-state index in [1.54, 1.807) is 12.3 Å². The lowest BCUT2D eigenvalue weighted by atomic mass is 9.84. The van der Waals surface area contributed by atoms with Gasteiger partial charge in [-0.05, 0) is 24.5 Å². The maximum atomic E-state index is 12.4. The maximum Gasteiger partial charge on any atom is 0.270 e. The average Bonchev–Trinajstić information content (AvgIpc) is 3.12. The first-order valence-electron chi connectivity index (χ1n) is 7.43. The third kappa shape index (κ3) is 3.34. The van der Waals surface area contributed by atoms with Gasteiger partial charge in [0, 0.05) is 31.7 Å². The number of carbonyl (C=O) groups is 1. The van der Waals surface area contributed by atoms with E-state index in [1.165, 1.54) is 0 Å². The number of nitrogens with zero attached hydrogens (tertiary/aromatic N) is 1. The average molecular weight is 327 g/mol. The molecule has 0 radical (unpaired) electrons. The molecular weight excluding hydrogens is 306 g/mol. The van der Waals surface area contributed by atoms with Crippen molar-refractivity contribution in [2.24, 2.45) is 11.8 Å². The normalized spacial score (nSPS) is 28.6. The Morgan fingerprint density at radius 3 is 3.05 bits per heavy atom. The van der Waals surface area contributed by atoms with Crippen molar-refractivity contribution in [1.82, 2.24) is 14.6 Å². The number of rotatable bonds is 4. The molecule has 0 aromatic carbocycles. The van der Waals surface area contributed by atoms with Crippen molar-refractivity contribution in [3.63, 3.8) is 0 Å². The van der Waals surface area contributed by atoms with E-state index >= 15 is 0 Å². The second-order valence-corrected chi connectivity index (χ2v) is 7.87. The monoisotopic (exact) mass is 327 g/mol. The Morgan fingerprint density at radius 1 is 1.55 bits per heavy atom. The summed E-state index contributed by atoms with van der Waals surface area (Å²) >= 11 is 0. The van der Waals surface area contributed by atoms with Crippen LogP contribution in [0, 0.1) is 11.8 Å². The first-order chi connectivity index (χ1) is 10.4. The molecule has 0 unspecified atom stereocenters. The van der Waals surface area contributed by atoms with Gasteiger partial charge in [0.15, 0.2) is 0 Å². The Kier molecular flexibility index (Phi) is 4.24. The number of ether oxygens (including phenoxy) is 1. The minimum absolute atomic E-state index is 0.0150. The summed E-state index contributed by atoms with van der Waals surface area (Å²) in [7, 11) is -3.20. The lowest BCUT2D eigenvalue weighted by molar-refractivity contribution is 0.0611. The number of amides is 1. The van der Waals surface area contributed by atoms with Crippen LogP contribution in [0.4, 0.5) is 0 Å². The summed E-state index contributed by atoms with van der Waals surface area (Å²) < 4.78 is 30.7. The van der Waals surface area contributed by atoms with Crippen LogP contribution in [-0.2, 0) is 14.8 Å². The van der Waals surface area contributed by atoms with E-state index in [-0.39, 0.29) is 17.9 Å². The van der Waals surface area contributed by atoms with Crippen LogP contribution in [0.3, 0.4) is 0 Å². The second kappa shape index (κ2) is 6.02. The van der Waals surface area contributed by atoms with Crippen LogP contribution < -0.4 is 4.72 Å². The van der Waals surface area contributed by atoms with Gasteiger partial charge in [-0.3, -0.25) is 4.79 Å². The molecule has 1 aromatic heterocycles. The first kappa shape index (κ1) is 15.5. The molecule has 122 valence electrons. The molecule has 7 nitrogen and oxygen atoms in total. The molecule has 3 heterocycles. The summed E-state index contributed by atoms with van der Waals surface area (Å²) in [6.07, 6.45) is 3.64. The number of aromatic nitrogens is 1. The SMILES string of the molecule is CS(=O)(=O)NC[C@H]1OC[C@H]2CN(C(=O)c3ccc[nH]3)CC[C@H]21. The number of nitrogens with one attached hydrogen (secondary N) is 2. The molecule has 0 aliphatic carbocycles. The van der Waals surface area contributed by atoms with Crippen molar-refractivity contribution < 1.29 is 17.9 Å². The molecule has 0 saturated carbocycles. The van der Waals surface area contributed by atoms with Gasteiger partial charge in [-0.25, -0.2) is 13.1 Å². The van der Waals surface area contributed by atoms with E-state index in [2.05, 4.69) is 9.71 Å². The highest BCUT2D eigenvalue weighted by molar-refractivity contribution is 7.88. The van der Waals surface area contributed by atoms with Crippen LogP contribution in [0.25, 0.3) is 0 Å². The Balaban J connectivity index is 1.58. The molecule has 0 bridgehead atoms. The van der Waals surface area contributed by atoms with Gasteiger partial charge in [0.05, 0.1) is 19.0 Å². The number of hydrogen-bond acceptors (Lipinski definition) is 4. The number of likely N-dealkylation sites (tertiary alicyclic amines) is 1. The molecule has 2 saturated heterocycles. The summed E-state index contributed by atoms with van der Waals surface area (Å²) in [5, 5.41) is 0. The van der Waals surface area contributed by atoms with E-state index in [9.17, 15) is 13.2 Å². The van der Waals surface area contributed by atoms with Gasteiger partial charge in [0.25, 0.3) is 5.91 Å². The lowest BCUT2D eigenvalue weighted by Crippen LogP contribution is -2.46. The van der Waals surface area contributed by atoms with Crippen LogP contribution in [0.1, 0.15) is 16.9 Å². The summed E-state index contributed by atoms with van der Waals surface area (Å²) in [6.45, 7) is 2.23. The van der Waals surface area contributed by atoms with Gasteiger partial charge in [-0.15, -0.1) is 0 Å². The molecular formula is C14H21N3O4S. The zero-order valence-electron chi connectivity index (χ0n) is 12.5. The minimum Gasteiger partial charge on any atom is -0.376 e. The van der Waals surface area contributed by atoms with Gasteiger partial charge < -0.3 is 14.6 Å². The van der Waals surface area contributed by atoms with Crippen LogP contribution >= 0.6 is 0 Å². The largest absolute Gasteiger partial charge is 0.376 e.